The summed E-state index contributed by atoms with van der Waals surface area (Å²) in [5, 5.41) is 8.84. The van der Waals surface area contributed by atoms with Crippen LogP contribution in [0.2, 0.25) is 0 Å². The molecular formula is C12H23N3O2S2. The molecule has 0 aliphatic heterocycles. The molecule has 1 rings (SSSR count). The highest BCUT2D eigenvalue weighted by Crippen LogP contribution is 2.24. The zero-order valence-corrected chi connectivity index (χ0v) is 13.7. The molecule has 110 valence electrons. The lowest BCUT2D eigenvalue weighted by Gasteiger charge is -2.07. The average Bonchev–Trinajstić information content (AvgIpc) is 2.54. The Balaban J connectivity index is 2.70. The normalized spacial score (nSPS) is 12.0. The fourth-order valence-electron chi connectivity index (χ4n) is 1.74. The predicted molar refractivity (Wildman–Crippen MR) is 80.4 cm³/mol. The zero-order valence-electron chi connectivity index (χ0n) is 12.1. The van der Waals surface area contributed by atoms with Crippen LogP contribution in [0, 0.1) is 6.92 Å². The summed E-state index contributed by atoms with van der Waals surface area (Å²) in [5.41, 5.74) is 2.18. The molecule has 0 amide bonds. The molecule has 5 nitrogen and oxygen atoms in total. The van der Waals surface area contributed by atoms with E-state index in [-0.39, 0.29) is 5.75 Å². The van der Waals surface area contributed by atoms with Crippen molar-refractivity contribution in [1.82, 2.24) is 15.1 Å². The van der Waals surface area contributed by atoms with Crippen molar-refractivity contribution in [1.29, 1.82) is 0 Å². The van der Waals surface area contributed by atoms with Crippen molar-refractivity contribution in [2.24, 2.45) is 7.05 Å². The molecular weight excluding hydrogens is 282 g/mol. The Morgan fingerprint density at radius 1 is 1.42 bits per heavy atom. The Bertz CT molecular complexity index is 509. The van der Waals surface area contributed by atoms with Crippen LogP contribution < -0.4 is 5.32 Å². The summed E-state index contributed by atoms with van der Waals surface area (Å²) in [6, 6.07) is 0. The van der Waals surface area contributed by atoms with E-state index in [4.69, 9.17) is 0 Å². The number of nitrogens with zero attached hydrogens (tertiary/aromatic N) is 2. The Kier molecular flexibility index (Phi) is 6.35. The van der Waals surface area contributed by atoms with E-state index in [0.717, 1.165) is 30.2 Å². The van der Waals surface area contributed by atoms with Crippen LogP contribution in [0.3, 0.4) is 0 Å². The smallest absolute Gasteiger partial charge is 0.148 e. The van der Waals surface area contributed by atoms with Gasteiger partial charge in [-0.3, -0.25) is 4.68 Å². The molecule has 0 aliphatic carbocycles. The van der Waals surface area contributed by atoms with Gasteiger partial charge in [-0.1, -0.05) is 6.92 Å². The van der Waals surface area contributed by atoms with Crippen LogP contribution in [0.25, 0.3) is 0 Å². The highest BCUT2D eigenvalue weighted by atomic mass is 32.2. The summed E-state index contributed by atoms with van der Waals surface area (Å²) in [6.07, 6.45) is 2.36. The molecule has 0 bridgehead atoms. The number of hydrogen-bond acceptors (Lipinski definition) is 5. The van der Waals surface area contributed by atoms with Crippen molar-refractivity contribution < 1.29 is 8.42 Å². The summed E-state index contributed by atoms with van der Waals surface area (Å²) < 4.78 is 24.2. The topological polar surface area (TPSA) is 64.0 Å². The Labute approximate surface area is 120 Å². The van der Waals surface area contributed by atoms with Gasteiger partial charge in [0.2, 0.25) is 0 Å². The fourth-order valence-corrected chi connectivity index (χ4v) is 4.10. The van der Waals surface area contributed by atoms with Crippen molar-refractivity contribution in [2.75, 3.05) is 24.3 Å². The summed E-state index contributed by atoms with van der Waals surface area (Å²) in [4.78, 5) is 0. The molecule has 19 heavy (non-hydrogen) atoms. The van der Waals surface area contributed by atoms with Gasteiger partial charge >= 0.3 is 0 Å². The number of aromatic nitrogens is 2. The second-order valence-corrected chi connectivity index (χ2v) is 7.99. The van der Waals surface area contributed by atoms with E-state index in [1.54, 1.807) is 11.8 Å². The largest absolute Gasteiger partial charge is 0.313 e. The van der Waals surface area contributed by atoms with E-state index in [1.807, 2.05) is 18.7 Å². The summed E-state index contributed by atoms with van der Waals surface area (Å²) in [7, 11) is -0.998. The van der Waals surface area contributed by atoms with E-state index in [2.05, 4.69) is 17.3 Å². The highest BCUT2D eigenvalue weighted by Gasteiger charge is 2.14. The monoisotopic (exact) mass is 305 g/mol. The highest BCUT2D eigenvalue weighted by molar-refractivity contribution is 8.00. The van der Waals surface area contributed by atoms with Crippen molar-refractivity contribution >= 4 is 21.6 Å². The van der Waals surface area contributed by atoms with Gasteiger partial charge in [-0.25, -0.2) is 8.42 Å². The first-order valence-electron chi connectivity index (χ1n) is 6.39. The molecule has 7 heteroatoms. The van der Waals surface area contributed by atoms with Crippen LogP contribution in [0.4, 0.5) is 0 Å². The molecule has 0 atom stereocenters. The molecule has 0 aliphatic rings. The molecule has 0 radical (unpaired) electrons. The van der Waals surface area contributed by atoms with Crippen LogP contribution in [0.15, 0.2) is 5.03 Å². The molecule has 1 N–H and O–H groups in total. The lowest BCUT2D eigenvalue weighted by Crippen LogP contribution is -2.15. The predicted octanol–water partition coefficient (Wildman–Crippen LogP) is 1.36. The lowest BCUT2D eigenvalue weighted by molar-refractivity contribution is 0.603. The third-order valence-electron chi connectivity index (χ3n) is 2.71. The minimum Gasteiger partial charge on any atom is -0.313 e. The van der Waals surface area contributed by atoms with E-state index < -0.39 is 9.84 Å². The van der Waals surface area contributed by atoms with Gasteiger partial charge in [-0.2, -0.15) is 5.10 Å². The van der Waals surface area contributed by atoms with Crippen LogP contribution in [0.5, 0.6) is 0 Å². The third-order valence-corrected chi connectivity index (χ3v) is 5.11. The second-order valence-electron chi connectivity index (χ2n) is 4.65. The van der Waals surface area contributed by atoms with Gasteiger partial charge in [0.15, 0.2) is 0 Å². The Morgan fingerprint density at radius 2 is 2.11 bits per heavy atom. The SMILES string of the molecule is CCCNCc1c(C)nn(C)c1SCCS(C)(=O)=O. The molecule has 0 saturated carbocycles. The number of nitrogens with one attached hydrogen (secondary N) is 1. The van der Waals surface area contributed by atoms with Gasteiger partial charge in [0.25, 0.3) is 0 Å². The summed E-state index contributed by atoms with van der Waals surface area (Å²) >= 11 is 1.56. The van der Waals surface area contributed by atoms with Crippen LogP contribution in [-0.2, 0) is 23.4 Å². The minimum absolute atomic E-state index is 0.198. The quantitative estimate of drug-likeness (QED) is 0.580. The van der Waals surface area contributed by atoms with Gasteiger partial charge in [0.05, 0.1) is 16.5 Å². The van der Waals surface area contributed by atoms with E-state index >= 15 is 0 Å². The maximum atomic E-state index is 11.2. The molecule has 0 aromatic carbocycles. The number of aryl methyl sites for hydroxylation is 2. The molecule has 1 heterocycles. The molecule has 0 unspecified atom stereocenters. The number of hydrogen-bond donors (Lipinski definition) is 1. The van der Waals surface area contributed by atoms with E-state index in [1.165, 1.54) is 11.8 Å². The number of thioether (sulfide) groups is 1. The molecule has 0 fully saturated rings. The van der Waals surface area contributed by atoms with Gasteiger partial charge in [-0.15, -0.1) is 11.8 Å². The maximum Gasteiger partial charge on any atom is 0.148 e. The average molecular weight is 305 g/mol. The van der Waals surface area contributed by atoms with Crippen molar-refractivity contribution in [2.45, 2.75) is 31.8 Å². The second kappa shape index (κ2) is 7.31. The molecule has 0 saturated heterocycles. The third kappa shape index (κ3) is 5.54. The standard InChI is InChI=1S/C12H23N3O2S2/c1-5-6-13-9-11-10(2)14-15(3)12(11)18-7-8-19(4,16)17/h13H,5-9H2,1-4H3. The minimum atomic E-state index is -2.90. The Morgan fingerprint density at radius 3 is 2.68 bits per heavy atom. The molecule has 1 aromatic rings. The first-order chi connectivity index (χ1) is 8.85. The first-order valence-corrected chi connectivity index (χ1v) is 9.43. The maximum absolute atomic E-state index is 11.2. The fraction of sp³-hybridized carbons (Fsp3) is 0.750. The van der Waals surface area contributed by atoms with Crippen molar-refractivity contribution in [3.05, 3.63) is 11.3 Å². The van der Waals surface area contributed by atoms with E-state index in [0.29, 0.717) is 5.75 Å². The van der Waals surface area contributed by atoms with Crippen molar-refractivity contribution in [3.8, 4) is 0 Å². The van der Waals surface area contributed by atoms with E-state index in [9.17, 15) is 8.42 Å². The number of sulfone groups is 1. The first kappa shape index (κ1) is 16.5. The Hall–Kier alpha value is -0.530. The summed E-state index contributed by atoms with van der Waals surface area (Å²) in [6.45, 7) is 5.88. The van der Waals surface area contributed by atoms with Gasteiger partial charge in [0.1, 0.15) is 9.84 Å². The molecule has 0 spiro atoms. The molecule has 1 aromatic heterocycles. The lowest BCUT2D eigenvalue weighted by atomic mass is 10.2. The van der Waals surface area contributed by atoms with Gasteiger partial charge in [-0.05, 0) is 19.9 Å². The van der Waals surface area contributed by atoms with Crippen LogP contribution in [0.1, 0.15) is 24.6 Å². The van der Waals surface area contributed by atoms with Crippen molar-refractivity contribution in [3.63, 3.8) is 0 Å². The summed E-state index contributed by atoms with van der Waals surface area (Å²) in [5.74, 6) is 0.766. The van der Waals surface area contributed by atoms with Gasteiger partial charge < -0.3 is 5.32 Å². The van der Waals surface area contributed by atoms with Crippen LogP contribution >= 0.6 is 11.8 Å². The van der Waals surface area contributed by atoms with Gasteiger partial charge in [0, 0.05) is 31.2 Å². The number of rotatable bonds is 8. The van der Waals surface area contributed by atoms with Crippen LogP contribution in [-0.4, -0.2) is 42.5 Å². The zero-order chi connectivity index (χ0) is 14.5.